The van der Waals surface area contributed by atoms with Gasteiger partial charge < -0.3 is 15.0 Å². The second-order valence-electron chi connectivity index (χ2n) is 6.58. The third kappa shape index (κ3) is 3.80. The lowest BCUT2D eigenvalue weighted by molar-refractivity contribution is 0.199. The molecule has 0 amide bonds. The predicted octanol–water partition coefficient (Wildman–Crippen LogP) is 2.30. The first-order valence-corrected chi connectivity index (χ1v) is 7.27. The maximum absolute atomic E-state index is 5.02. The van der Waals surface area contributed by atoms with Gasteiger partial charge in [-0.3, -0.25) is 0 Å². The molecule has 0 saturated heterocycles. The fourth-order valence-corrected chi connectivity index (χ4v) is 2.74. The summed E-state index contributed by atoms with van der Waals surface area (Å²) >= 11 is 0. The standard InChI is InChI=1S/C15H27N3O/c1-15(2,3)11-5-6-12-13(9-11)18-14(17-12)10-16-7-8-19-4/h11,16H,5-10H2,1-4H3,(H,17,18). The molecule has 0 saturated carbocycles. The van der Waals surface area contributed by atoms with Gasteiger partial charge in [0.05, 0.1) is 18.8 Å². The minimum atomic E-state index is 0.389. The number of nitrogens with one attached hydrogen (secondary N) is 2. The number of hydrogen-bond donors (Lipinski definition) is 2. The molecule has 0 aromatic carbocycles. The summed E-state index contributed by atoms with van der Waals surface area (Å²) < 4.78 is 5.02. The van der Waals surface area contributed by atoms with E-state index < -0.39 is 0 Å². The first-order chi connectivity index (χ1) is 9.00. The third-order valence-electron chi connectivity index (χ3n) is 4.09. The summed E-state index contributed by atoms with van der Waals surface area (Å²) in [6.07, 6.45) is 3.52. The van der Waals surface area contributed by atoms with Crippen molar-refractivity contribution in [3.05, 3.63) is 17.2 Å². The molecule has 1 unspecified atom stereocenters. The number of aryl methyl sites for hydroxylation is 1. The van der Waals surface area contributed by atoms with E-state index in [4.69, 9.17) is 9.72 Å². The van der Waals surface area contributed by atoms with Gasteiger partial charge in [-0.25, -0.2) is 4.98 Å². The van der Waals surface area contributed by atoms with Crippen LogP contribution in [0.4, 0.5) is 0 Å². The van der Waals surface area contributed by atoms with Crippen molar-refractivity contribution >= 4 is 0 Å². The lowest BCUT2D eigenvalue weighted by Crippen LogP contribution is -2.26. The molecule has 1 heterocycles. The van der Waals surface area contributed by atoms with E-state index in [0.717, 1.165) is 44.3 Å². The quantitative estimate of drug-likeness (QED) is 0.803. The molecule has 1 aromatic rings. The summed E-state index contributed by atoms with van der Waals surface area (Å²) in [6.45, 7) is 9.43. The van der Waals surface area contributed by atoms with Crippen LogP contribution in [-0.2, 0) is 24.1 Å². The Morgan fingerprint density at radius 3 is 2.89 bits per heavy atom. The lowest BCUT2D eigenvalue weighted by atomic mass is 9.73. The molecule has 1 aliphatic carbocycles. The second kappa shape index (κ2) is 6.06. The van der Waals surface area contributed by atoms with Crippen molar-refractivity contribution in [1.29, 1.82) is 0 Å². The molecular weight excluding hydrogens is 238 g/mol. The molecule has 1 aromatic heterocycles. The van der Waals surface area contributed by atoms with Gasteiger partial charge in [-0.1, -0.05) is 20.8 Å². The summed E-state index contributed by atoms with van der Waals surface area (Å²) in [5.41, 5.74) is 3.03. The van der Waals surface area contributed by atoms with Gasteiger partial charge in [-0.05, 0) is 30.6 Å². The van der Waals surface area contributed by atoms with Crippen molar-refractivity contribution in [1.82, 2.24) is 15.3 Å². The molecule has 2 N–H and O–H groups in total. The Morgan fingerprint density at radius 1 is 1.42 bits per heavy atom. The Hall–Kier alpha value is -0.870. The summed E-state index contributed by atoms with van der Waals surface area (Å²) in [5, 5.41) is 3.33. The van der Waals surface area contributed by atoms with E-state index in [9.17, 15) is 0 Å². The molecule has 4 nitrogen and oxygen atoms in total. The normalized spacial score (nSPS) is 19.5. The molecular formula is C15H27N3O. The van der Waals surface area contributed by atoms with Crippen LogP contribution < -0.4 is 5.32 Å². The summed E-state index contributed by atoms with van der Waals surface area (Å²) in [5.74, 6) is 1.82. The average Bonchev–Trinajstić information content (AvgIpc) is 2.75. The summed E-state index contributed by atoms with van der Waals surface area (Å²) in [4.78, 5) is 8.20. The predicted molar refractivity (Wildman–Crippen MR) is 77.1 cm³/mol. The minimum absolute atomic E-state index is 0.389. The molecule has 0 fully saturated rings. The Labute approximate surface area is 116 Å². The molecule has 2 rings (SSSR count). The van der Waals surface area contributed by atoms with E-state index in [2.05, 4.69) is 31.1 Å². The van der Waals surface area contributed by atoms with E-state index in [-0.39, 0.29) is 0 Å². The van der Waals surface area contributed by atoms with Gasteiger partial charge in [-0.15, -0.1) is 0 Å². The molecule has 1 atom stereocenters. The smallest absolute Gasteiger partial charge is 0.120 e. The van der Waals surface area contributed by atoms with Gasteiger partial charge >= 0.3 is 0 Å². The summed E-state index contributed by atoms with van der Waals surface area (Å²) in [7, 11) is 1.72. The Kier molecular flexibility index (Phi) is 4.63. The zero-order chi connectivity index (χ0) is 13.9. The van der Waals surface area contributed by atoms with Crippen LogP contribution in [-0.4, -0.2) is 30.2 Å². The number of H-pyrrole nitrogens is 1. The SMILES string of the molecule is COCCNCc1nc2c([nH]1)CC(C(C)(C)C)CC2. The van der Waals surface area contributed by atoms with Crippen LogP contribution in [0.3, 0.4) is 0 Å². The monoisotopic (exact) mass is 265 g/mol. The number of rotatable bonds is 5. The minimum Gasteiger partial charge on any atom is -0.383 e. The van der Waals surface area contributed by atoms with Gasteiger partial charge in [0.2, 0.25) is 0 Å². The zero-order valence-electron chi connectivity index (χ0n) is 12.7. The fourth-order valence-electron chi connectivity index (χ4n) is 2.74. The topological polar surface area (TPSA) is 49.9 Å². The van der Waals surface area contributed by atoms with Crippen LogP contribution >= 0.6 is 0 Å². The van der Waals surface area contributed by atoms with Crippen molar-refractivity contribution in [3.8, 4) is 0 Å². The highest BCUT2D eigenvalue weighted by Crippen LogP contribution is 2.36. The molecule has 0 spiro atoms. The lowest BCUT2D eigenvalue weighted by Gasteiger charge is -2.33. The van der Waals surface area contributed by atoms with Crippen molar-refractivity contribution < 1.29 is 4.74 Å². The molecule has 19 heavy (non-hydrogen) atoms. The van der Waals surface area contributed by atoms with Crippen molar-refractivity contribution in [2.24, 2.45) is 11.3 Å². The first kappa shape index (κ1) is 14.5. The molecule has 0 radical (unpaired) electrons. The van der Waals surface area contributed by atoms with Crippen LogP contribution in [0.5, 0.6) is 0 Å². The molecule has 1 aliphatic rings. The highest BCUT2D eigenvalue weighted by Gasteiger charge is 2.30. The number of imidazole rings is 1. The number of aromatic nitrogens is 2. The number of nitrogens with zero attached hydrogens (tertiary/aromatic N) is 1. The van der Waals surface area contributed by atoms with Crippen LogP contribution in [0.2, 0.25) is 0 Å². The third-order valence-corrected chi connectivity index (χ3v) is 4.09. The van der Waals surface area contributed by atoms with Crippen LogP contribution in [0.1, 0.15) is 44.4 Å². The van der Waals surface area contributed by atoms with Gasteiger partial charge in [-0.2, -0.15) is 0 Å². The van der Waals surface area contributed by atoms with E-state index in [1.165, 1.54) is 17.8 Å². The molecule has 0 aliphatic heterocycles. The van der Waals surface area contributed by atoms with Gasteiger partial charge in [0.1, 0.15) is 5.82 Å². The van der Waals surface area contributed by atoms with E-state index in [1.807, 2.05) is 0 Å². The average molecular weight is 265 g/mol. The second-order valence-corrected chi connectivity index (χ2v) is 6.58. The van der Waals surface area contributed by atoms with Crippen LogP contribution in [0.15, 0.2) is 0 Å². The molecule has 0 bridgehead atoms. The number of fused-ring (bicyclic) bond motifs is 1. The number of hydrogen-bond acceptors (Lipinski definition) is 3. The van der Waals surface area contributed by atoms with E-state index >= 15 is 0 Å². The van der Waals surface area contributed by atoms with Crippen LogP contribution in [0, 0.1) is 11.3 Å². The summed E-state index contributed by atoms with van der Waals surface area (Å²) in [6, 6.07) is 0. The van der Waals surface area contributed by atoms with Gasteiger partial charge in [0.25, 0.3) is 0 Å². The highest BCUT2D eigenvalue weighted by atomic mass is 16.5. The van der Waals surface area contributed by atoms with Crippen molar-refractivity contribution in [3.63, 3.8) is 0 Å². The number of aromatic amines is 1. The first-order valence-electron chi connectivity index (χ1n) is 7.27. The van der Waals surface area contributed by atoms with E-state index in [1.54, 1.807) is 7.11 Å². The fraction of sp³-hybridized carbons (Fsp3) is 0.800. The Balaban J connectivity index is 1.93. The van der Waals surface area contributed by atoms with Crippen molar-refractivity contribution in [2.45, 2.75) is 46.6 Å². The van der Waals surface area contributed by atoms with Crippen LogP contribution in [0.25, 0.3) is 0 Å². The number of methoxy groups -OCH3 is 1. The van der Waals surface area contributed by atoms with Gasteiger partial charge in [0.15, 0.2) is 0 Å². The Morgan fingerprint density at radius 2 is 2.21 bits per heavy atom. The number of ether oxygens (including phenoxy) is 1. The Bertz CT molecular complexity index is 406. The maximum atomic E-state index is 5.02. The zero-order valence-corrected chi connectivity index (χ0v) is 12.7. The van der Waals surface area contributed by atoms with E-state index in [0.29, 0.717) is 5.41 Å². The largest absolute Gasteiger partial charge is 0.383 e. The van der Waals surface area contributed by atoms with Crippen molar-refractivity contribution in [2.75, 3.05) is 20.3 Å². The molecule has 4 heteroatoms. The van der Waals surface area contributed by atoms with Gasteiger partial charge in [0, 0.05) is 19.3 Å². The maximum Gasteiger partial charge on any atom is 0.120 e. The molecule has 108 valence electrons. The highest BCUT2D eigenvalue weighted by molar-refractivity contribution is 5.19.